The molecule has 0 spiro atoms. The highest BCUT2D eigenvalue weighted by Gasteiger charge is 2.13. The van der Waals surface area contributed by atoms with Crippen LogP contribution in [0, 0.1) is 21.4 Å². The van der Waals surface area contributed by atoms with Gasteiger partial charge in [-0.05, 0) is 12.1 Å². The Bertz CT molecular complexity index is 524. The average Bonchev–Trinajstić information content (AvgIpc) is 2.37. The van der Waals surface area contributed by atoms with E-state index in [0.29, 0.717) is 12.2 Å². The Morgan fingerprint density at radius 3 is 2.89 bits per heavy atom. The molecular weight excluding hydrogens is 252 g/mol. The van der Waals surface area contributed by atoms with Crippen molar-refractivity contribution in [3.05, 3.63) is 33.9 Å². The molecule has 0 aliphatic carbocycles. The zero-order valence-corrected chi connectivity index (χ0v) is 9.96. The number of nitrogens with two attached hydrogens (primary N) is 1. The summed E-state index contributed by atoms with van der Waals surface area (Å²) in [5, 5.41) is 22.3. The Labute approximate surface area is 108 Å². The lowest BCUT2D eigenvalue weighted by Gasteiger charge is -2.06. The number of amides is 1. The molecule has 0 heterocycles. The topological polar surface area (TPSA) is 131 Å². The van der Waals surface area contributed by atoms with Gasteiger partial charge in [0.2, 0.25) is 5.91 Å². The van der Waals surface area contributed by atoms with Gasteiger partial charge in [-0.2, -0.15) is 5.26 Å². The number of anilines is 1. The number of hydrogen-bond acceptors (Lipinski definition) is 6. The summed E-state index contributed by atoms with van der Waals surface area (Å²) in [7, 11) is 0. The van der Waals surface area contributed by atoms with E-state index < -0.39 is 10.8 Å². The van der Waals surface area contributed by atoms with Crippen LogP contribution in [0.4, 0.5) is 11.4 Å². The van der Waals surface area contributed by atoms with Crippen LogP contribution in [0.15, 0.2) is 18.2 Å². The minimum absolute atomic E-state index is 0.000489. The third-order valence-corrected chi connectivity index (χ3v) is 2.13. The maximum absolute atomic E-state index is 10.7. The van der Waals surface area contributed by atoms with Gasteiger partial charge in [0.25, 0.3) is 5.69 Å². The first kappa shape index (κ1) is 14.4. The van der Waals surface area contributed by atoms with Gasteiger partial charge in [-0.15, -0.1) is 0 Å². The quantitative estimate of drug-likeness (QED) is 0.415. The summed E-state index contributed by atoms with van der Waals surface area (Å²) < 4.78 is 4.92. The molecule has 0 radical (unpaired) electrons. The van der Waals surface area contributed by atoms with Gasteiger partial charge in [-0.3, -0.25) is 14.9 Å². The van der Waals surface area contributed by atoms with Crippen molar-refractivity contribution in [2.45, 2.75) is 0 Å². The van der Waals surface area contributed by atoms with E-state index in [1.54, 1.807) is 12.1 Å². The molecule has 0 bridgehead atoms. The molecule has 0 aliphatic rings. The molecule has 0 saturated heterocycles. The van der Waals surface area contributed by atoms with Crippen molar-refractivity contribution >= 4 is 17.3 Å². The average molecular weight is 264 g/mol. The van der Waals surface area contributed by atoms with Crippen LogP contribution in [0.2, 0.25) is 0 Å². The van der Waals surface area contributed by atoms with Gasteiger partial charge in [0, 0.05) is 18.3 Å². The summed E-state index contributed by atoms with van der Waals surface area (Å²) in [6.45, 7) is 0.419. The van der Waals surface area contributed by atoms with E-state index in [4.69, 9.17) is 15.7 Å². The lowest BCUT2D eigenvalue weighted by Crippen LogP contribution is -2.20. The van der Waals surface area contributed by atoms with Gasteiger partial charge in [0.15, 0.2) is 0 Å². The minimum Gasteiger partial charge on any atom is -0.383 e. The fourth-order valence-corrected chi connectivity index (χ4v) is 1.33. The highest BCUT2D eigenvalue weighted by molar-refractivity contribution is 5.74. The molecule has 0 saturated carbocycles. The Morgan fingerprint density at radius 1 is 1.58 bits per heavy atom. The summed E-state index contributed by atoms with van der Waals surface area (Å²) >= 11 is 0. The lowest BCUT2D eigenvalue weighted by molar-refractivity contribution is -0.385. The minimum atomic E-state index is -0.618. The van der Waals surface area contributed by atoms with Crippen LogP contribution in [-0.4, -0.2) is 30.6 Å². The first-order valence-electron chi connectivity index (χ1n) is 5.33. The molecule has 0 fully saturated rings. The van der Waals surface area contributed by atoms with Gasteiger partial charge in [0.05, 0.1) is 11.5 Å². The van der Waals surface area contributed by atoms with E-state index in [1.807, 2.05) is 0 Å². The molecule has 19 heavy (non-hydrogen) atoms. The number of carbonyl (C=O) groups excluding carboxylic acids is 1. The number of nitro groups is 1. The van der Waals surface area contributed by atoms with Crippen molar-refractivity contribution in [3.63, 3.8) is 0 Å². The van der Waals surface area contributed by atoms with Crippen LogP contribution in [0.5, 0.6) is 0 Å². The summed E-state index contributed by atoms with van der Waals surface area (Å²) in [6.07, 6.45) is 0. The van der Waals surface area contributed by atoms with Crippen molar-refractivity contribution < 1.29 is 14.5 Å². The zero-order chi connectivity index (χ0) is 14.3. The van der Waals surface area contributed by atoms with Crippen molar-refractivity contribution in [1.29, 1.82) is 5.26 Å². The van der Waals surface area contributed by atoms with E-state index >= 15 is 0 Å². The Balaban J connectivity index is 2.56. The highest BCUT2D eigenvalue weighted by atomic mass is 16.6. The molecule has 1 amide bonds. The number of nitrogens with one attached hydrogen (secondary N) is 1. The van der Waals surface area contributed by atoms with Gasteiger partial charge in [0.1, 0.15) is 18.2 Å². The van der Waals surface area contributed by atoms with Crippen LogP contribution in [0.1, 0.15) is 5.56 Å². The number of hydrogen-bond donors (Lipinski definition) is 2. The fraction of sp³-hybridized carbons (Fsp3) is 0.273. The SMILES string of the molecule is N#Cc1ccc(NCCOCC(N)=O)cc1[N+](=O)[O-]. The molecule has 0 unspecified atom stereocenters. The van der Waals surface area contributed by atoms with Gasteiger partial charge in [-0.1, -0.05) is 0 Å². The third kappa shape index (κ3) is 4.61. The number of rotatable bonds is 7. The normalized spacial score (nSPS) is 9.63. The number of carbonyl (C=O) groups is 1. The molecule has 0 aromatic heterocycles. The first-order chi connectivity index (χ1) is 9.04. The van der Waals surface area contributed by atoms with E-state index in [2.05, 4.69) is 5.32 Å². The van der Waals surface area contributed by atoms with Crippen LogP contribution < -0.4 is 11.1 Å². The maximum Gasteiger partial charge on any atom is 0.289 e. The predicted molar refractivity (Wildman–Crippen MR) is 66.3 cm³/mol. The molecule has 3 N–H and O–H groups in total. The van der Waals surface area contributed by atoms with E-state index in [-0.39, 0.29) is 24.5 Å². The molecule has 8 nitrogen and oxygen atoms in total. The second-order valence-electron chi connectivity index (χ2n) is 3.55. The monoisotopic (exact) mass is 264 g/mol. The zero-order valence-electron chi connectivity index (χ0n) is 9.96. The van der Waals surface area contributed by atoms with E-state index in [9.17, 15) is 14.9 Å². The lowest BCUT2D eigenvalue weighted by atomic mass is 10.2. The van der Waals surface area contributed by atoms with Crippen LogP contribution in [0.25, 0.3) is 0 Å². The summed E-state index contributed by atoms with van der Waals surface area (Å²) in [6, 6.07) is 5.94. The van der Waals surface area contributed by atoms with E-state index in [1.165, 1.54) is 12.1 Å². The van der Waals surface area contributed by atoms with Crippen LogP contribution >= 0.6 is 0 Å². The second kappa shape index (κ2) is 6.93. The van der Waals surface area contributed by atoms with Crippen LogP contribution in [0.3, 0.4) is 0 Å². The largest absolute Gasteiger partial charge is 0.383 e. The molecular formula is C11H12N4O4. The Hall–Kier alpha value is -2.66. The molecule has 8 heteroatoms. The predicted octanol–water partition coefficient (Wildman–Crippen LogP) is 0.380. The van der Waals surface area contributed by atoms with Crippen molar-refractivity contribution in [2.75, 3.05) is 25.1 Å². The van der Waals surface area contributed by atoms with Gasteiger partial charge < -0.3 is 15.8 Å². The van der Waals surface area contributed by atoms with Gasteiger partial charge >= 0.3 is 0 Å². The number of primary amides is 1. The number of nitro benzene ring substituents is 1. The number of benzene rings is 1. The van der Waals surface area contributed by atoms with E-state index in [0.717, 1.165) is 0 Å². The highest BCUT2D eigenvalue weighted by Crippen LogP contribution is 2.22. The molecule has 0 atom stereocenters. The van der Waals surface area contributed by atoms with Crippen molar-refractivity contribution in [1.82, 2.24) is 0 Å². The number of nitriles is 1. The molecule has 0 aliphatic heterocycles. The third-order valence-electron chi connectivity index (χ3n) is 2.13. The Kier molecular flexibility index (Phi) is 5.25. The summed E-state index contributed by atoms with van der Waals surface area (Å²) in [5.41, 5.74) is 5.12. The second-order valence-corrected chi connectivity index (χ2v) is 3.55. The molecule has 1 aromatic carbocycles. The molecule has 100 valence electrons. The smallest absolute Gasteiger partial charge is 0.289 e. The standard InChI is InChI=1S/C11H12N4O4/c12-6-8-1-2-9(5-10(8)15(17)18)14-3-4-19-7-11(13)16/h1-2,5,14H,3-4,7H2,(H2,13,16). The molecule has 1 rings (SSSR count). The van der Waals surface area contributed by atoms with Crippen molar-refractivity contribution in [2.24, 2.45) is 5.73 Å². The van der Waals surface area contributed by atoms with Gasteiger partial charge in [-0.25, -0.2) is 0 Å². The van der Waals surface area contributed by atoms with Crippen LogP contribution in [-0.2, 0) is 9.53 Å². The Morgan fingerprint density at radius 2 is 2.32 bits per heavy atom. The first-order valence-corrected chi connectivity index (χ1v) is 5.33. The summed E-state index contributed by atoms with van der Waals surface area (Å²) in [5.74, 6) is -0.561. The van der Waals surface area contributed by atoms with Crippen molar-refractivity contribution in [3.8, 4) is 6.07 Å². The number of nitrogens with zero attached hydrogens (tertiary/aromatic N) is 2. The fourth-order valence-electron chi connectivity index (χ4n) is 1.33. The molecule has 1 aromatic rings. The maximum atomic E-state index is 10.7. The number of ether oxygens (including phenoxy) is 1. The summed E-state index contributed by atoms with van der Waals surface area (Å²) in [4.78, 5) is 20.5.